The molecular formula is C7H12F3NO2S. The Morgan fingerprint density at radius 1 is 1.29 bits per heavy atom. The molecule has 7 heteroatoms. The summed E-state index contributed by atoms with van der Waals surface area (Å²) in [7, 11) is -3.85. The summed E-state index contributed by atoms with van der Waals surface area (Å²) >= 11 is 0. The van der Waals surface area contributed by atoms with Crippen molar-refractivity contribution in [2.75, 3.05) is 0 Å². The van der Waals surface area contributed by atoms with Crippen molar-refractivity contribution in [3.63, 3.8) is 0 Å². The Morgan fingerprint density at radius 2 is 1.71 bits per heavy atom. The van der Waals surface area contributed by atoms with E-state index in [0.717, 1.165) is 0 Å². The van der Waals surface area contributed by atoms with Gasteiger partial charge in [0.2, 0.25) is 10.0 Å². The second-order valence-electron chi connectivity index (χ2n) is 3.78. The third-order valence-electron chi connectivity index (χ3n) is 2.25. The second kappa shape index (κ2) is 3.10. The first kappa shape index (κ1) is 11.8. The molecule has 0 bridgehead atoms. The lowest BCUT2D eigenvalue weighted by Crippen LogP contribution is -2.49. The van der Waals surface area contributed by atoms with E-state index in [0.29, 0.717) is 0 Å². The molecule has 0 spiro atoms. The Hall–Kier alpha value is -0.300. The van der Waals surface area contributed by atoms with Crippen LogP contribution in [0, 0.1) is 0 Å². The van der Waals surface area contributed by atoms with E-state index in [1.165, 1.54) is 13.8 Å². The van der Waals surface area contributed by atoms with Gasteiger partial charge >= 0.3 is 6.18 Å². The molecular weight excluding hydrogens is 219 g/mol. The van der Waals surface area contributed by atoms with Crippen LogP contribution in [0.2, 0.25) is 0 Å². The van der Waals surface area contributed by atoms with E-state index in [-0.39, 0.29) is 12.8 Å². The zero-order valence-electron chi connectivity index (χ0n) is 7.85. The van der Waals surface area contributed by atoms with Gasteiger partial charge in [0, 0.05) is 0 Å². The monoisotopic (exact) mass is 231 g/mol. The summed E-state index contributed by atoms with van der Waals surface area (Å²) in [5, 5.41) is -0.845. The van der Waals surface area contributed by atoms with Crippen molar-refractivity contribution in [3.8, 4) is 0 Å². The number of nitrogens with one attached hydrogen (secondary N) is 1. The van der Waals surface area contributed by atoms with Gasteiger partial charge in [-0.25, -0.2) is 8.42 Å². The van der Waals surface area contributed by atoms with E-state index in [2.05, 4.69) is 0 Å². The van der Waals surface area contributed by atoms with Crippen LogP contribution in [0.4, 0.5) is 13.2 Å². The maximum Gasteiger partial charge on any atom is 0.407 e. The minimum Gasteiger partial charge on any atom is -0.212 e. The van der Waals surface area contributed by atoms with Gasteiger partial charge in [0.1, 0.15) is 5.54 Å². The van der Waals surface area contributed by atoms with Gasteiger partial charge in [0.25, 0.3) is 0 Å². The maximum atomic E-state index is 12.4. The smallest absolute Gasteiger partial charge is 0.212 e. The number of hydrogen-bond acceptors (Lipinski definition) is 2. The lowest BCUT2D eigenvalue weighted by atomic mass is 10.3. The van der Waals surface area contributed by atoms with E-state index in [9.17, 15) is 21.6 Å². The van der Waals surface area contributed by atoms with Crippen molar-refractivity contribution in [2.45, 2.75) is 43.7 Å². The molecule has 1 aliphatic carbocycles. The number of alkyl halides is 3. The average Bonchev–Trinajstić information content (AvgIpc) is 2.65. The van der Waals surface area contributed by atoms with Crippen molar-refractivity contribution >= 4 is 10.0 Å². The molecule has 0 atom stereocenters. The topological polar surface area (TPSA) is 46.2 Å². The quantitative estimate of drug-likeness (QED) is 0.798. The largest absolute Gasteiger partial charge is 0.407 e. The van der Waals surface area contributed by atoms with Gasteiger partial charge in [-0.15, -0.1) is 0 Å². The lowest BCUT2D eigenvalue weighted by molar-refractivity contribution is -0.160. The highest BCUT2D eigenvalue weighted by atomic mass is 32.2. The molecule has 0 aromatic rings. The van der Waals surface area contributed by atoms with Gasteiger partial charge < -0.3 is 0 Å². The number of rotatable bonds is 3. The van der Waals surface area contributed by atoms with Crippen LogP contribution in [0.1, 0.15) is 26.7 Å². The van der Waals surface area contributed by atoms with Crippen LogP contribution in [0.3, 0.4) is 0 Å². The average molecular weight is 231 g/mol. The van der Waals surface area contributed by atoms with Gasteiger partial charge in [-0.2, -0.15) is 17.9 Å². The number of sulfonamides is 1. The van der Waals surface area contributed by atoms with E-state index in [4.69, 9.17) is 0 Å². The standard InChI is InChI=1S/C7H12F3NO2S/c1-5(2)14(12,13)11-6(3-4-6)7(8,9)10/h5,11H,3-4H2,1-2H3. The zero-order chi connectivity index (χ0) is 11.2. The van der Waals surface area contributed by atoms with Crippen LogP contribution in [-0.4, -0.2) is 25.4 Å². The fourth-order valence-corrected chi connectivity index (χ4v) is 2.06. The Labute approximate surface area is 80.7 Å². The summed E-state index contributed by atoms with van der Waals surface area (Å²) in [6.07, 6.45) is -4.82. The Balaban J connectivity index is 2.81. The third-order valence-corrected chi connectivity index (χ3v) is 4.17. The Kier molecular flexibility index (Phi) is 2.60. The van der Waals surface area contributed by atoms with Gasteiger partial charge in [0.15, 0.2) is 0 Å². The van der Waals surface area contributed by atoms with Crippen molar-refractivity contribution < 1.29 is 21.6 Å². The molecule has 1 fully saturated rings. The van der Waals surface area contributed by atoms with Crippen LogP contribution < -0.4 is 4.72 Å². The predicted molar refractivity (Wildman–Crippen MR) is 45.2 cm³/mol. The first-order valence-electron chi connectivity index (χ1n) is 4.20. The minimum absolute atomic E-state index is 0.164. The molecule has 3 nitrogen and oxygen atoms in total. The molecule has 1 rings (SSSR count). The van der Waals surface area contributed by atoms with E-state index >= 15 is 0 Å². The number of hydrogen-bond donors (Lipinski definition) is 1. The highest BCUT2D eigenvalue weighted by molar-refractivity contribution is 7.90. The molecule has 84 valence electrons. The fourth-order valence-electron chi connectivity index (χ4n) is 0.959. The summed E-state index contributed by atoms with van der Waals surface area (Å²) in [4.78, 5) is 0. The van der Waals surface area contributed by atoms with Crippen molar-refractivity contribution in [2.24, 2.45) is 0 Å². The normalized spacial score (nSPS) is 21.3. The van der Waals surface area contributed by atoms with E-state index in [1.54, 1.807) is 4.72 Å². The Morgan fingerprint density at radius 3 is 1.93 bits per heavy atom. The van der Waals surface area contributed by atoms with Gasteiger partial charge in [-0.05, 0) is 26.7 Å². The number of halogens is 3. The lowest BCUT2D eigenvalue weighted by Gasteiger charge is -2.21. The molecule has 14 heavy (non-hydrogen) atoms. The molecule has 1 N–H and O–H groups in total. The van der Waals surface area contributed by atoms with Crippen LogP contribution in [-0.2, 0) is 10.0 Å². The molecule has 0 saturated heterocycles. The van der Waals surface area contributed by atoms with E-state index < -0.39 is 27.0 Å². The molecule has 1 saturated carbocycles. The van der Waals surface area contributed by atoms with E-state index in [1.807, 2.05) is 0 Å². The predicted octanol–water partition coefficient (Wildman–Crippen LogP) is 1.41. The molecule has 0 aromatic carbocycles. The molecule has 0 aromatic heterocycles. The first-order valence-corrected chi connectivity index (χ1v) is 5.75. The first-order chi connectivity index (χ1) is 6.11. The highest BCUT2D eigenvalue weighted by Gasteiger charge is 2.65. The summed E-state index contributed by atoms with van der Waals surface area (Å²) in [6, 6.07) is 0. The molecule has 0 aliphatic heterocycles. The summed E-state index contributed by atoms with van der Waals surface area (Å²) < 4.78 is 61.3. The van der Waals surface area contributed by atoms with Gasteiger partial charge in [-0.1, -0.05) is 0 Å². The fraction of sp³-hybridized carbons (Fsp3) is 1.00. The molecule has 0 unspecified atom stereocenters. The highest BCUT2D eigenvalue weighted by Crippen LogP contribution is 2.49. The summed E-state index contributed by atoms with van der Waals surface area (Å²) in [5.74, 6) is 0. The minimum atomic E-state index is -4.49. The summed E-state index contributed by atoms with van der Waals surface area (Å²) in [5.41, 5.74) is -2.18. The zero-order valence-corrected chi connectivity index (χ0v) is 8.67. The molecule has 1 aliphatic rings. The SMILES string of the molecule is CC(C)S(=O)(=O)NC1(C(F)(F)F)CC1. The van der Waals surface area contributed by atoms with Crippen molar-refractivity contribution in [1.29, 1.82) is 0 Å². The van der Waals surface area contributed by atoms with Crippen molar-refractivity contribution in [1.82, 2.24) is 4.72 Å². The maximum absolute atomic E-state index is 12.4. The van der Waals surface area contributed by atoms with Crippen LogP contribution >= 0.6 is 0 Å². The van der Waals surface area contributed by atoms with Crippen LogP contribution in [0.5, 0.6) is 0 Å². The van der Waals surface area contributed by atoms with Crippen LogP contribution in [0.15, 0.2) is 0 Å². The van der Waals surface area contributed by atoms with Crippen molar-refractivity contribution in [3.05, 3.63) is 0 Å². The van der Waals surface area contributed by atoms with Gasteiger partial charge in [-0.3, -0.25) is 0 Å². The summed E-state index contributed by atoms with van der Waals surface area (Å²) in [6.45, 7) is 2.68. The Bertz CT molecular complexity index is 316. The van der Waals surface area contributed by atoms with Gasteiger partial charge in [0.05, 0.1) is 5.25 Å². The second-order valence-corrected chi connectivity index (χ2v) is 6.01. The molecule has 0 heterocycles. The molecule has 0 radical (unpaired) electrons. The molecule has 0 amide bonds. The third kappa shape index (κ3) is 2.03. The van der Waals surface area contributed by atoms with Crippen LogP contribution in [0.25, 0.3) is 0 Å².